The molecule has 1 aliphatic rings. The van der Waals surface area contributed by atoms with Gasteiger partial charge >= 0.3 is 0 Å². The number of hydrogen-bond donors (Lipinski definition) is 1. The number of nitrogens with two attached hydrogens (primary N) is 1. The van der Waals surface area contributed by atoms with Gasteiger partial charge in [-0.15, -0.1) is 0 Å². The first-order chi connectivity index (χ1) is 7.29. The van der Waals surface area contributed by atoms with Gasteiger partial charge in [-0.3, -0.25) is 0 Å². The van der Waals surface area contributed by atoms with Gasteiger partial charge in [0.05, 0.1) is 12.7 Å². The molecule has 0 bridgehead atoms. The predicted molar refractivity (Wildman–Crippen MR) is 57.2 cm³/mol. The zero-order valence-electron chi connectivity index (χ0n) is 8.66. The largest absolute Gasteiger partial charge is 0.376 e. The first kappa shape index (κ1) is 10.6. The molecule has 0 aromatic heterocycles. The van der Waals surface area contributed by atoms with Crippen LogP contribution in [0.25, 0.3) is 0 Å². The van der Waals surface area contributed by atoms with Gasteiger partial charge in [-0.05, 0) is 30.5 Å². The van der Waals surface area contributed by atoms with Crippen molar-refractivity contribution in [3.05, 3.63) is 35.6 Å². The van der Waals surface area contributed by atoms with Crippen molar-refractivity contribution in [1.29, 1.82) is 0 Å². The van der Waals surface area contributed by atoms with Crippen molar-refractivity contribution in [3.8, 4) is 0 Å². The molecule has 1 aromatic rings. The minimum atomic E-state index is -0.173. The lowest BCUT2D eigenvalue weighted by Crippen LogP contribution is -2.30. The molecule has 2 nitrogen and oxygen atoms in total. The maximum absolute atomic E-state index is 13.0. The maximum Gasteiger partial charge on any atom is 0.123 e. The van der Waals surface area contributed by atoms with E-state index in [9.17, 15) is 4.39 Å². The van der Waals surface area contributed by atoms with E-state index < -0.39 is 0 Å². The molecule has 0 aliphatic carbocycles. The summed E-state index contributed by atoms with van der Waals surface area (Å²) in [5.41, 5.74) is 6.56. The van der Waals surface area contributed by atoms with E-state index in [1.165, 1.54) is 6.07 Å². The molecule has 3 heteroatoms. The lowest BCUT2D eigenvalue weighted by atomic mass is 9.91. The molecular formula is C12H16FNO. The molecule has 1 aliphatic heterocycles. The molecular weight excluding hydrogens is 193 g/mol. The molecule has 0 saturated carbocycles. The van der Waals surface area contributed by atoms with Crippen molar-refractivity contribution in [2.75, 3.05) is 13.2 Å². The maximum atomic E-state index is 13.0. The Balaban J connectivity index is 2.01. The summed E-state index contributed by atoms with van der Waals surface area (Å²) < 4.78 is 18.6. The number of ether oxygens (including phenoxy) is 1. The summed E-state index contributed by atoms with van der Waals surface area (Å²) in [6.45, 7) is 1.24. The van der Waals surface area contributed by atoms with Gasteiger partial charge in [0.15, 0.2) is 0 Å². The van der Waals surface area contributed by atoms with E-state index in [4.69, 9.17) is 10.5 Å². The van der Waals surface area contributed by atoms with Crippen molar-refractivity contribution >= 4 is 0 Å². The molecule has 15 heavy (non-hydrogen) atoms. The van der Waals surface area contributed by atoms with Crippen molar-refractivity contribution < 1.29 is 9.13 Å². The van der Waals surface area contributed by atoms with E-state index >= 15 is 0 Å². The van der Waals surface area contributed by atoms with Gasteiger partial charge in [0.1, 0.15) is 5.82 Å². The molecule has 2 rings (SSSR count). The molecule has 0 unspecified atom stereocenters. The molecule has 1 aromatic carbocycles. The van der Waals surface area contributed by atoms with Crippen molar-refractivity contribution in [1.82, 2.24) is 0 Å². The van der Waals surface area contributed by atoms with Crippen LogP contribution in [0.5, 0.6) is 0 Å². The predicted octanol–water partition coefficient (Wildman–Crippen LogP) is 2.05. The van der Waals surface area contributed by atoms with Crippen LogP contribution >= 0.6 is 0 Å². The Hall–Kier alpha value is -0.930. The van der Waals surface area contributed by atoms with Crippen LogP contribution in [0.15, 0.2) is 24.3 Å². The highest BCUT2D eigenvalue weighted by Crippen LogP contribution is 2.28. The van der Waals surface area contributed by atoms with Gasteiger partial charge in [0.2, 0.25) is 0 Å². The van der Waals surface area contributed by atoms with E-state index in [2.05, 4.69) is 0 Å². The van der Waals surface area contributed by atoms with Gasteiger partial charge < -0.3 is 10.5 Å². The average Bonchev–Trinajstić information content (AvgIpc) is 2.29. The van der Waals surface area contributed by atoms with Crippen molar-refractivity contribution in [2.24, 2.45) is 5.73 Å². The summed E-state index contributed by atoms with van der Waals surface area (Å²) in [6.07, 6.45) is 2.19. The third-order valence-corrected chi connectivity index (χ3v) is 2.95. The Morgan fingerprint density at radius 3 is 2.87 bits per heavy atom. The van der Waals surface area contributed by atoms with Crippen LogP contribution in [0, 0.1) is 5.82 Å². The van der Waals surface area contributed by atoms with Crippen LogP contribution in [0.4, 0.5) is 4.39 Å². The normalized spacial score (nSPS) is 26.5. The quantitative estimate of drug-likeness (QED) is 0.809. The SMILES string of the molecule is NC[C@@H]1CC[C@H](c2cccc(F)c2)CO1. The van der Waals surface area contributed by atoms with Crippen molar-refractivity contribution in [3.63, 3.8) is 0 Å². The Morgan fingerprint density at radius 2 is 2.27 bits per heavy atom. The molecule has 2 N–H and O–H groups in total. The lowest BCUT2D eigenvalue weighted by Gasteiger charge is -2.28. The highest BCUT2D eigenvalue weighted by atomic mass is 19.1. The van der Waals surface area contributed by atoms with E-state index in [1.54, 1.807) is 12.1 Å². The Labute approximate surface area is 89.2 Å². The fourth-order valence-electron chi connectivity index (χ4n) is 2.02. The number of benzene rings is 1. The minimum Gasteiger partial charge on any atom is -0.376 e. The first-order valence-electron chi connectivity index (χ1n) is 5.36. The molecule has 1 fully saturated rings. The van der Waals surface area contributed by atoms with E-state index in [0.29, 0.717) is 19.1 Å². The number of hydrogen-bond acceptors (Lipinski definition) is 2. The molecule has 1 saturated heterocycles. The molecule has 82 valence electrons. The second-order valence-electron chi connectivity index (χ2n) is 4.02. The second kappa shape index (κ2) is 4.73. The summed E-state index contributed by atoms with van der Waals surface area (Å²) in [5, 5.41) is 0. The van der Waals surface area contributed by atoms with Gasteiger partial charge in [-0.2, -0.15) is 0 Å². The lowest BCUT2D eigenvalue weighted by molar-refractivity contribution is 0.00952. The smallest absolute Gasteiger partial charge is 0.123 e. The van der Waals surface area contributed by atoms with E-state index in [1.807, 2.05) is 6.07 Å². The summed E-state index contributed by atoms with van der Waals surface area (Å²) in [6, 6.07) is 6.77. The zero-order chi connectivity index (χ0) is 10.7. The molecule has 0 amide bonds. The fraction of sp³-hybridized carbons (Fsp3) is 0.500. The summed E-state index contributed by atoms with van der Waals surface area (Å²) in [7, 11) is 0. The molecule has 2 atom stereocenters. The van der Waals surface area contributed by atoms with Crippen molar-refractivity contribution in [2.45, 2.75) is 24.9 Å². The minimum absolute atomic E-state index is 0.173. The van der Waals surface area contributed by atoms with Crippen LogP contribution in [0.3, 0.4) is 0 Å². The highest BCUT2D eigenvalue weighted by Gasteiger charge is 2.21. The van der Waals surface area contributed by atoms with E-state index in [-0.39, 0.29) is 11.9 Å². The highest BCUT2D eigenvalue weighted by molar-refractivity contribution is 5.21. The van der Waals surface area contributed by atoms with E-state index in [0.717, 1.165) is 18.4 Å². The number of rotatable bonds is 2. The topological polar surface area (TPSA) is 35.2 Å². The second-order valence-corrected chi connectivity index (χ2v) is 4.02. The Kier molecular flexibility index (Phi) is 3.34. The van der Waals surface area contributed by atoms with Gasteiger partial charge in [-0.25, -0.2) is 4.39 Å². The van der Waals surface area contributed by atoms with Crippen LogP contribution in [-0.2, 0) is 4.74 Å². The average molecular weight is 209 g/mol. The van der Waals surface area contributed by atoms with Gasteiger partial charge in [-0.1, -0.05) is 12.1 Å². The summed E-state index contributed by atoms with van der Waals surface area (Å²) in [5.74, 6) is 0.150. The summed E-state index contributed by atoms with van der Waals surface area (Å²) >= 11 is 0. The first-order valence-corrected chi connectivity index (χ1v) is 5.36. The zero-order valence-corrected chi connectivity index (χ0v) is 8.66. The fourth-order valence-corrected chi connectivity index (χ4v) is 2.02. The van der Waals surface area contributed by atoms with Crippen LogP contribution < -0.4 is 5.73 Å². The van der Waals surface area contributed by atoms with Crippen LogP contribution in [0.2, 0.25) is 0 Å². The third kappa shape index (κ3) is 2.55. The Morgan fingerprint density at radius 1 is 1.40 bits per heavy atom. The standard InChI is InChI=1S/C12H16FNO/c13-11-3-1-2-9(6-11)10-4-5-12(7-14)15-8-10/h1-3,6,10,12H,4-5,7-8,14H2/t10-,12-/m0/s1. The van der Waals surface area contributed by atoms with Crippen LogP contribution in [0.1, 0.15) is 24.3 Å². The van der Waals surface area contributed by atoms with Gasteiger partial charge in [0.25, 0.3) is 0 Å². The molecule has 0 radical (unpaired) electrons. The monoisotopic (exact) mass is 209 g/mol. The van der Waals surface area contributed by atoms with Gasteiger partial charge in [0, 0.05) is 12.5 Å². The number of halogens is 1. The van der Waals surface area contributed by atoms with Crippen LogP contribution in [-0.4, -0.2) is 19.3 Å². The molecule has 0 spiro atoms. The summed E-state index contributed by atoms with van der Waals surface area (Å²) in [4.78, 5) is 0. The third-order valence-electron chi connectivity index (χ3n) is 2.95. The Bertz CT molecular complexity index is 321. The molecule has 1 heterocycles.